The Bertz CT molecular complexity index is 978. The molecule has 0 atom stereocenters. The zero-order chi connectivity index (χ0) is 19.2. The second kappa shape index (κ2) is 8.56. The van der Waals surface area contributed by atoms with Crippen molar-refractivity contribution in [3.8, 4) is 5.75 Å². The summed E-state index contributed by atoms with van der Waals surface area (Å²) in [6.07, 6.45) is 1.59. The highest BCUT2D eigenvalue weighted by atomic mass is 35.5. The molecule has 0 aliphatic heterocycles. The number of rotatable bonds is 6. The van der Waals surface area contributed by atoms with E-state index in [0.29, 0.717) is 28.5 Å². The van der Waals surface area contributed by atoms with Gasteiger partial charge in [0.1, 0.15) is 12.4 Å². The van der Waals surface area contributed by atoms with Crippen LogP contribution < -0.4 is 4.74 Å². The van der Waals surface area contributed by atoms with E-state index in [1.54, 1.807) is 48.5 Å². The van der Waals surface area contributed by atoms with Crippen molar-refractivity contribution >= 4 is 29.2 Å². The largest absolute Gasteiger partial charge is 0.488 e. The molecule has 4 heteroatoms. The van der Waals surface area contributed by atoms with Crippen LogP contribution in [0.1, 0.15) is 22.3 Å². The third-order valence-corrected chi connectivity index (χ3v) is 4.47. The molecule has 3 aromatic rings. The molecule has 3 aromatic carbocycles. The minimum atomic E-state index is -1.01. The fraction of sp³-hybridized carbons (Fsp3) is 0.0870. The van der Waals surface area contributed by atoms with Crippen LogP contribution in [-0.2, 0) is 11.4 Å². The van der Waals surface area contributed by atoms with Crippen molar-refractivity contribution in [2.45, 2.75) is 13.5 Å². The van der Waals surface area contributed by atoms with E-state index in [1.807, 2.05) is 37.3 Å². The summed E-state index contributed by atoms with van der Waals surface area (Å²) in [6, 6.07) is 22.2. The fourth-order valence-corrected chi connectivity index (χ4v) is 2.91. The lowest BCUT2D eigenvalue weighted by molar-refractivity contribution is -0.130. The monoisotopic (exact) mass is 378 g/mol. The van der Waals surface area contributed by atoms with Crippen LogP contribution in [0.3, 0.4) is 0 Å². The van der Waals surface area contributed by atoms with Crippen molar-refractivity contribution in [2.24, 2.45) is 0 Å². The third kappa shape index (κ3) is 4.78. The van der Waals surface area contributed by atoms with Crippen LogP contribution in [0.15, 0.2) is 72.8 Å². The van der Waals surface area contributed by atoms with Crippen LogP contribution in [0.2, 0.25) is 5.02 Å². The lowest BCUT2D eigenvalue weighted by Crippen LogP contribution is -2.01. The Morgan fingerprint density at radius 3 is 2.44 bits per heavy atom. The number of hydrogen-bond acceptors (Lipinski definition) is 2. The summed E-state index contributed by atoms with van der Waals surface area (Å²) in [5.41, 5.74) is 3.63. The van der Waals surface area contributed by atoms with Crippen LogP contribution >= 0.6 is 11.6 Å². The lowest BCUT2D eigenvalue weighted by Gasteiger charge is -2.12. The Hall–Kier alpha value is -3.04. The Labute approximate surface area is 163 Å². The van der Waals surface area contributed by atoms with Crippen LogP contribution in [0.4, 0.5) is 0 Å². The van der Waals surface area contributed by atoms with Crippen molar-refractivity contribution in [2.75, 3.05) is 0 Å². The Morgan fingerprint density at radius 1 is 1.04 bits per heavy atom. The van der Waals surface area contributed by atoms with Gasteiger partial charge >= 0.3 is 5.97 Å². The first-order valence-electron chi connectivity index (χ1n) is 8.52. The van der Waals surface area contributed by atoms with Gasteiger partial charge in [-0.2, -0.15) is 0 Å². The van der Waals surface area contributed by atoms with Gasteiger partial charge in [-0.05, 0) is 47.9 Å². The van der Waals surface area contributed by atoms with Gasteiger partial charge in [-0.1, -0.05) is 66.2 Å². The maximum atomic E-state index is 11.8. The summed E-state index contributed by atoms with van der Waals surface area (Å²) in [5, 5.41) is 10.2. The molecule has 0 heterocycles. The predicted molar refractivity (Wildman–Crippen MR) is 109 cm³/mol. The number of benzene rings is 3. The van der Waals surface area contributed by atoms with Crippen molar-refractivity contribution < 1.29 is 14.6 Å². The number of aliphatic carboxylic acids is 1. The molecular formula is C23H19ClO3. The van der Waals surface area contributed by atoms with E-state index in [9.17, 15) is 9.90 Å². The highest BCUT2D eigenvalue weighted by Crippen LogP contribution is 2.29. The van der Waals surface area contributed by atoms with Crippen molar-refractivity contribution in [1.29, 1.82) is 0 Å². The third-order valence-electron chi connectivity index (χ3n) is 4.23. The highest BCUT2D eigenvalue weighted by molar-refractivity contribution is 6.31. The Kier molecular flexibility index (Phi) is 5.94. The molecule has 0 aliphatic rings. The van der Waals surface area contributed by atoms with Crippen LogP contribution in [-0.4, -0.2) is 11.1 Å². The molecule has 0 bridgehead atoms. The predicted octanol–water partition coefficient (Wildman–Crippen LogP) is 5.85. The molecule has 0 saturated heterocycles. The second-order valence-electron chi connectivity index (χ2n) is 6.13. The van der Waals surface area contributed by atoms with E-state index in [2.05, 4.69) is 0 Å². The molecule has 136 valence electrons. The molecule has 0 aromatic heterocycles. The lowest BCUT2D eigenvalue weighted by atomic mass is 10.0. The number of hydrogen-bond donors (Lipinski definition) is 1. The van der Waals surface area contributed by atoms with E-state index in [4.69, 9.17) is 16.3 Å². The normalized spacial score (nSPS) is 11.3. The van der Waals surface area contributed by atoms with Gasteiger partial charge in [0.2, 0.25) is 0 Å². The average Bonchev–Trinajstić information content (AvgIpc) is 2.67. The van der Waals surface area contributed by atoms with Gasteiger partial charge in [0, 0.05) is 10.6 Å². The maximum absolute atomic E-state index is 11.8. The number of aryl methyl sites for hydroxylation is 1. The molecule has 0 unspecified atom stereocenters. The van der Waals surface area contributed by atoms with E-state index in [1.165, 1.54) is 0 Å². The van der Waals surface area contributed by atoms with Gasteiger partial charge in [0.05, 0.1) is 5.57 Å². The smallest absolute Gasteiger partial charge is 0.336 e. The molecule has 27 heavy (non-hydrogen) atoms. The first-order chi connectivity index (χ1) is 13.0. The van der Waals surface area contributed by atoms with Gasteiger partial charge in [0.15, 0.2) is 0 Å². The fourth-order valence-electron chi connectivity index (χ4n) is 2.73. The highest BCUT2D eigenvalue weighted by Gasteiger charge is 2.13. The zero-order valence-electron chi connectivity index (χ0n) is 14.9. The topological polar surface area (TPSA) is 46.5 Å². The minimum Gasteiger partial charge on any atom is -0.488 e. The maximum Gasteiger partial charge on any atom is 0.336 e. The summed E-state index contributed by atoms with van der Waals surface area (Å²) >= 11 is 6.14. The molecule has 3 nitrogen and oxygen atoms in total. The number of halogens is 1. The van der Waals surface area contributed by atoms with Gasteiger partial charge < -0.3 is 9.84 Å². The van der Waals surface area contributed by atoms with E-state index in [-0.39, 0.29) is 5.57 Å². The van der Waals surface area contributed by atoms with Crippen LogP contribution in [0.25, 0.3) is 11.6 Å². The molecule has 0 radical (unpaired) electrons. The second-order valence-corrected chi connectivity index (χ2v) is 6.56. The Balaban J connectivity index is 1.96. The molecule has 0 fully saturated rings. The van der Waals surface area contributed by atoms with Gasteiger partial charge in [-0.3, -0.25) is 0 Å². The summed E-state index contributed by atoms with van der Waals surface area (Å²) in [6.45, 7) is 2.42. The van der Waals surface area contributed by atoms with Crippen molar-refractivity contribution in [3.63, 3.8) is 0 Å². The average molecular weight is 379 g/mol. The number of carbonyl (C=O) groups is 1. The molecule has 0 amide bonds. The van der Waals surface area contributed by atoms with E-state index in [0.717, 1.165) is 11.1 Å². The molecule has 0 spiro atoms. The standard InChI is InChI=1S/C23H19ClO3/c1-16-7-5-6-10-18(16)15-27-22-12-11-20(24)13-19(22)14-21(23(25)26)17-8-3-2-4-9-17/h2-14H,15H2,1H3,(H,25,26)/b21-14-. The SMILES string of the molecule is Cc1ccccc1COc1ccc(Cl)cc1/C=C(\C(=O)O)c1ccccc1. The minimum absolute atomic E-state index is 0.179. The van der Waals surface area contributed by atoms with Gasteiger partial charge in [0.25, 0.3) is 0 Å². The van der Waals surface area contributed by atoms with Crippen LogP contribution in [0, 0.1) is 6.92 Å². The summed E-state index contributed by atoms with van der Waals surface area (Å²) < 4.78 is 5.98. The van der Waals surface area contributed by atoms with Gasteiger partial charge in [-0.25, -0.2) is 4.79 Å². The first-order valence-corrected chi connectivity index (χ1v) is 8.89. The molecule has 1 N–H and O–H groups in total. The zero-order valence-corrected chi connectivity index (χ0v) is 15.6. The molecule has 0 aliphatic carbocycles. The first kappa shape index (κ1) is 18.7. The van der Waals surface area contributed by atoms with Gasteiger partial charge in [-0.15, -0.1) is 0 Å². The molecule has 3 rings (SSSR count). The van der Waals surface area contributed by atoms with E-state index >= 15 is 0 Å². The van der Waals surface area contributed by atoms with Crippen molar-refractivity contribution in [3.05, 3.63) is 100 Å². The number of carboxylic acid groups (broad SMARTS) is 1. The molecule has 0 saturated carbocycles. The summed E-state index contributed by atoms with van der Waals surface area (Å²) in [7, 11) is 0. The summed E-state index contributed by atoms with van der Waals surface area (Å²) in [4.78, 5) is 11.8. The Morgan fingerprint density at radius 2 is 1.74 bits per heavy atom. The van der Waals surface area contributed by atoms with Crippen molar-refractivity contribution in [1.82, 2.24) is 0 Å². The number of ether oxygens (including phenoxy) is 1. The van der Waals surface area contributed by atoms with E-state index < -0.39 is 5.97 Å². The summed E-state index contributed by atoms with van der Waals surface area (Å²) in [5.74, 6) is -0.427. The number of carboxylic acids is 1. The quantitative estimate of drug-likeness (QED) is 0.432. The van der Waals surface area contributed by atoms with Crippen LogP contribution in [0.5, 0.6) is 5.75 Å². The molecular weight excluding hydrogens is 360 g/mol.